The molecule has 66 valence electrons. The van der Waals surface area contributed by atoms with Gasteiger partial charge in [-0.3, -0.25) is 4.79 Å². The van der Waals surface area contributed by atoms with Crippen molar-refractivity contribution in [3.05, 3.63) is 0 Å². The summed E-state index contributed by atoms with van der Waals surface area (Å²) in [6, 6.07) is -0.760. The first-order valence-corrected chi connectivity index (χ1v) is 3.69. The highest BCUT2D eigenvalue weighted by atomic mass is 16.3. The van der Waals surface area contributed by atoms with Crippen molar-refractivity contribution in [2.45, 2.75) is 39.0 Å². The molecule has 0 aliphatic carbocycles. The second-order valence-electron chi connectivity index (χ2n) is 2.83. The van der Waals surface area contributed by atoms with E-state index in [1.54, 1.807) is 20.8 Å². The topological polar surface area (TPSA) is 75.3 Å². The second kappa shape index (κ2) is 4.31. The van der Waals surface area contributed by atoms with Gasteiger partial charge in [0.2, 0.25) is 5.91 Å². The van der Waals surface area contributed by atoms with Crippen LogP contribution in [0.15, 0.2) is 0 Å². The maximum atomic E-state index is 10.9. The molecular weight excluding hydrogens is 144 g/mol. The van der Waals surface area contributed by atoms with Crippen molar-refractivity contribution in [2.24, 2.45) is 5.73 Å². The molecule has 0 aliphatic heterocycles. The molecule has 1 amide bonds. The number of hydrogen-bond acceptors (Lipinski definition) is 3. The third kappa shape index (κ3) is 3.95. The minimum atomic E-state index is -0.544. The third-order valence-corrected chi connectivity index (χ3v) is 1.51. The monoisotopic (exact) mass is 160 g/mol. The zero-order valence-corrected chi connectivity index (χ0v) is 7.16. The number of rotatable bonds is 3. The van der Waals surface area contributed by atoms with E-state index in [2.05, 4.69) is 5.32 Å². The second-order valence-corrected chi connectivity index (χ2v) is 2.83. The van der Waals surface area contributed by atoms with Crippen molar-refractivity contribution in [3.63, 3.8) is 0 Å². The summed E-state index contributed by atoms with van der Waals surface area (Å²) < 4.78 is 0. The van der Waals surface area contributed by atoms with E-state index in [4.69, 9.17) is 10.8 Å². The number of carbonyl (C=O) groups is 1. The number of nitrogens with one attached hydrogen (secondary N) is 1. The Morgan fingerprint density at radius 2 is 1.91 bits per heavy atom. The molecule has 0 aliphatic rings. The summed E-state index contributed by atoms with van der Waals surface area (Å²) in [5, 5.41) is 11.6. The van der Waals surface area contributed by atoms with E-state index in [9.17, 15) is 4.79 Å². The van der Waals surface area contributed by atoms with Crippen LogP contribution in [0.4, 0.5) is 0 Å². The van der Waals surface area contributed by atoms with Gasteiger partial charge in [0.25, 0.3) is 0 Å². The lowest BCUT2D eigenvalue weighted by atomic mass is 10.2. The minimum absolute atomic E-state index is 0.238. The lowest BCUT2D eigenvalue weighted by Gasteiger charge is -2.17. The maximum absolute atomic E-state index is 10.9. The van der Waals surface area contributed by atoms with Crippen LogP contribution < -0.4 is 11.1 Å². The number of nitrogens with two attached hydrogens (primary N) is 1. The van der Waals surface area contributed by atoms with Gasteiger partial charge in [-0.25, -0.2) is 0 Å². The highest BCUT2D eigenvalue weighted by Gasteiger charge is 2.13. The van der Waals surface area contributed by atoms with E-state index in [0.29, 0.717) is 0 Å². The molecule has 0 saturated carbocycles. The molecule has 0 bridgehead atoms. The summed E-state index contributed by atoms with van der Waals surface area (Å²) in [7, 11) is 0. The van der Waals surface area contributed by atoms with Crippen molar-refractivity contribution in [1.82, 2.24) is 5.32 Å². The van der Waals surface area contributed by atoms with Crippen LogP contribution >= 0.6 is 0 Å². The summed E-state index contributed by atoms with van der Waals surface area (Å²) in [4.78, 5) is 10.9. The molecular formula is C7H16N2O2. The first-order chi connectivity index (χ1) is 4.95. The molecule has 4 nitrogen and oxygen atoms in total. The van der Waals surface area contributed by atoms with Gasteiger partial charge in [0, 0.05) is 0 Å². The van der Waals surface area contributed by atoms with Crippen molar-refractivity contribution >= 4 is 5.91 Å². The van der Waals surface area contributed by atoms with Gasteiger partial charge in [0.05, 0.1) is 18.2 Å². The Morgan fingerprint density at radius 3 is 2.18 bits per heavy atom. The van der Waals surface area contributed by atoms with Gasteiger partial charge >= 0.3 is 0 Å². The van der Waals surface area contributed by atoms with Gasteiger partial charge < -0.3 is 16.2 Å². The van der Waals surface area contributed by atoms with Gasteiger partial charge in [-0.2, -0.15) is 0 Å². The molecule has 3 atom stereocenters. The average Bonchev–Trinajstić information content (AvgIpc) is 1.87. The first kappa shape index (κ1) is 10.4. The predicted molar refractivity (Wildman–Crippen MR) is 42.9 cm³/mol. The summed E-state index contributed by atoms with van der Waals surface area (Å²) >= 11 is 0. The Morgan fingerprint density at radius 1 is 1.45 bits per heavy atom. The zero-order chi connectivity index (χ0) is 9.02. The SMILES string of the molecule is CC(O)C(C)NC(=O)[C@@H](C)N. The molecule has 0 radical (unpaired) electrons. The Balaban J connectivity index is 3.76. The molecule has 2 unspecified atom stereocenters. The van der Waals surface area contributed by atoms with Crippen molar-refractivity contribution in [2.75, 3.05) is 0 Å². The maximum Gasteiger partial charge on any atom is 0.236 e. The van der Waals surface area contributed by atoms with E-state index in [1.807, 2.05) is 0 Å². The fraction of sp³-hybridized carbons (Fsp3) is 0.857. The van der Waals surface area contributed by atoms with Crippen molar-refractivity contribution < 1.29 is 9.90 Å². The molecule has 0 aromatic carbocycles. The van der Waals surface area contributed by atoms with Gasteiger partial charge in [-0.05, 0) is 20.8 Å². The van der Waals surface area contributed by atoms with E-state index in [-0.39, 0.29) is 11.9 Å². The number of aliphatic hydroxyl groups excluding tert-OH is 1. The molecule has 11 heavy (non-hydrogen) atoms. The molecule has 0 aromatic heterocycles. The fourth-order valence-electron chi connectivity index (χ4n) is 0.476. The van der Waals surface area contributed by atoms with Crippen LogP contribution in [-0.4, -0.2) is 29.2 Å². The van der Waals surface area contributed by atoms with Crippen LogP contribution in [0.25, 0.3) is 0 Å². The lowest BCUT2D eigenvalue weighted by Crippen LogP contribution is -2.46. The minimum Gasteiger partial charge on any atom is -0.391 e. The van der Waals surface area contributed by atoms with Gasteiger partial charge in [-0.1, -0.05) is 0 Å². The summed E-state index contributed by atoms with van der Waals surface area (Å²) in [6.45, 7) is 4.95. The Hall–Kier alpha value is -0.610. The van der Waals surface area contributed by atoms with E-state index >= 15 is 0 Å². The highest BCUT2D eigenvalue weighted by molar-refractivity contribution is 5.81. The molecule has 4 heteroatoms. The van der Waals surface area contributed by atoms with Crippen molar-refractivity contribution in [3.8, 4) is 0 Å². The Labute approximate surface area is 66.8 Å². The number of carbonyl (C=O) groups excluding carboxylic acids is 1. The number of amides is 1. The number of hydrogen-bond donors (Lipinski definition) is 3. The van der Waals surface area contributed by atoms with Gasteiger partial charge in [0.15, 0.2) is 0 Å². The summed E-state index contributed by atoms with van der Waals surface area (Å²) in [5.41, 5.74) is 5.29. The quantitative estimate of drug-likeness (QED) is 0.507. The molecule has 0 fully saturated rings. The van der Waals surface area contributed by atoms with Crippen LogP contribution in [0.5, 0.6) is 0 Å². The van der Waals surface area contributed by atoms with Crippen molar-refractivity contribution in [1.29, 1.82) is 0 Å². The smallest absolute Gasteiger partial charge is 0.236 e. The molecule has 0 aromatic rings. The lowest BCUT2D eigenvalue weighted by molar-refractivity contribution is -0.123. The normalized spacial score (nSPS) is 18.6. The van der Waals surface area contributed by atoms with Crippen LogP contribution in [0.1, 0.15) is 20.8 Å². The Kier molecular flexibility index (Phi) is 4.07. The van der Waals surface area contributed by atoms with Crippen LogP contribution in [0, 0.1) is 0 Å². The highest BCUT2D eigenvalue weighted by Crippen LogP contribution is 1.90. The standard InChI is InChI=1S/C7H16N2O2/c1-4(8)7(11)9-5(2)6(3)10/h4-6,10H,8H2,1-3H3,(H,9,11)/t4-,5?,6?/m1/s1. The summed E-state index contributed by atoms with van der Waals surface area (Å²) in [6.07, 6.45) is -0.544. The molecule has 0 saturated heterocycles. The van der Waals surface area contributed by atoms with Gasteiger partial charge in [0.1, 0.15) is 0 Å². The third-order valence-electron chi connectivity index (χ3n) is 1.51. The van der Waals surface area contributed by atoms with Crippen LogP contribution in [0.2, 0.25) is 0 Å². The van der Waals surface area contributed by atoms with Crippen LogP contribution in [0.3, 0.4) is 0 Å². The average molecular weight is 160 g/mol. The number of aliphatic hydroxyl groups is 1. The molecule has 0 heterocycles. The van der Waals surface area contributed by atoms with E-state index in [1.165, 1.54) is 0 Å². The van der Waals surface area contributed by atoms with E-state index in [0.717, 1.165) is 0 Å². The summed E-state index contributed by atoms with van der Waals surface area (Å²) in [5.74, 6) is -0.238. The zero-order valence-electron chi connectivity index (χ0n) is 7.16. The van der Waals surface area contributed by atoms with Gasteiger partial charge in [-0.15, -0.1) is 0 Å². The first-order valence-electron chi connectivity index (χ1n) is 3.69. The van der Waals surface area contributed by atoms with Crippen LogP contribution in [-0.2, 0) is 4.79 Å². The largest absolute Gasteiger partial charge is 0.391 e. The molecule has 0 spiro atoms. The van der Waals surface area contributed by atoms with E-state index < -0.39 is 12.1 Å². The molecule has 0 rings (SSSR count). The predicted octanol–water partition coefficient (Wildman–Crippen LogP) is -0.781. The fourth-order valence-corrected chi connectivity index (χ4v) is 0.476. The Bertz CT molecular complexity index is 134. The molecule has 4 N–H and O–H groups in total.